The largest absolute Gasteiger partial charge is 0.493 e. The second-order valence-electron chi connectivity index (χ2n) is 6.40. The number of nitrogens with zero attached hydrogens (tertiary/aromatic N) is 6. The van der Waals surface area contributed by atoms with Crippen molar-refractivity contribution in [2.75, 3.05) is 21.3 Å². The average molecular weight is 493 g/mol. The van der Waals surface area contributed by atoms with Crippen molar-refractivity contribution in [3.05, 3.63) is 57.8 Å². The van der Waals surface area contributed by atoms with Gasteiger partial charge in [0, 0.05) is 21.4 Å². The maximum absolute atomic E-state index is 6.25. The van der Waals surface area contributed by atoms with Gasteiger partial charge in [0.15, 0.2) is 11.5 Å². The molecule has 166 valence electrons. The van der Waals surface area contributed by atoms with E-state index >= 15 is 0 Å². The van der Waals surface area contributed by atoms with Crippen LogP contribution in [0.25, 0.3) is 5.78 Å². The van der Waals surface area contributed by atoms with E-state index in [1.807, 2.05) is 6.07 Å². The summed E-state index contributed by atoms with van der Waals surface area (Å²) in [4.78, 5) is 0. The molecule has 0 saturated carbocycles. The number of benzene rings is 2. The zero-order valence-electron chi connectivity index (χ0n) is 17.3. The Morgan fingerprint density at radius 2 is 1.78 bits per heavy atom. The summed E-state index contributed by atoms with van der Waals surface area (Å²) < 4.78 is 19.2. The molecular weight excluding hydrogens is 475 g/mol. The Bertz CT molecular complexity index is 1260. The van der Waals surface area contributed by atoms with Gasteiger partial charge in [0.1, 0.15) is 6.33 Å². The Morgan fingerprint density at radius 1 is 1.03 bits per heavy atom. The zero-order valence-corrected chi connectivity index (χ0v) is 19.6. The molecule has 0 aliphatic carbocycles. The third kappa shape index (κ3) is 4.47. The molecule has 0 N–H and O–H groups in total. The van der Waals surface area contributed by atoms with Gasteiger partial charge in [-0.15, -0.1) is 10.2 Å². The van der Waals surface area contributed by atoms with Crippen LogP contribution in [0.3, 0.4) is 0 Å². The lowest BCUT2D eigenvalue weighted by Gasteiger charge is -2.12. The molecule has 0 bridgehead atoms. The highest BCUT2D eigenvalue weighted by Gasteiger charge is 2.14. The average Bonchev–Trinajstić information content (AvgIpc) is 3.38. The number of ether oxygens (including phenoxy) is 3. The summed E-state index contributed by atoms with van der Waals surface area (Å²) in [6, 6.07) is 8.98. The third-order valence-electron chi connectivity index (χ3n) is 4.47. The summed E-state index contributed by atoms with van der Waals surface area (Å²) in [5.74, 6) is 2.64. The summed E-state index contributed by atoms with van der Waals surface area (Å²) in [6.45, 7) is 0. The molecule has 0 aliphatic heterocycles. The first-order chi connectivity index (χ1) is 15.5. The van der Waals surface area contributed by atoms with Crippen LogP contribution in [-0.4, -0.2) is 52.0 Å². The van der Waals surface area contributed by atoms with E-state index in [2.05, 4.69) is 20.4 Å². The number of halogens is 2. The molecule has 0 radical (unpaired) electrons. The lowest BCUT2D eigenvalue weighted by Crippen LogP contribution is -1.97. The van der Waals surface area contributed by atoms with E-state index in [9.17, 15) is 0 Å². The molecule has 0 aliphatic rings. The maximum atomic E-state index is 6.25. The molecule has 4 aromatic rings. The predicted octanol–water partition coefficient (Wildman–Crippen LogP) is 4.43. The lowest BCUT2D eigenvalue weighted by molar-refractivity contribution is 0.324. The van der Waals surface area contributed by atoms with Crippen molar-refractivity contribution in [3.8, 4) is 17.2 Å². The standard InChI is InChI=1S/C20H18Cl2N6O3S/c1-29-16-6-12(7-17(30-2)18(16)31-3)9-23-27-11-24-28-19(27)25-26-20(28)32-10-13-4-5-14(21)8-15(13)22/h4-9,11H,10H2,1-3H3. The second kappa shape index (κ2) is 9.68. The van der Waals surface area contributed by atoms with Gasteiger partial charge in [0.2, 0.25) is 10.9 Å². The number of aromatic nitrogens is 5. The summed E-state index contributed by atoms with van der Waals surface area (Å²) in [5, 5.41) is 19.0. The SMILES string of the molecule is COc1cc(C=Nn2cnn3c(SCc4ccc(Cl)cc4Cl)nnc23)cc(OC)c1OC. The topological polar surface area (TPSA) is 88.1 Å². The molecule has 0 atom stereocenters. The van der Waals surface area contributed by atoms with Crippen molar-refractivity contribution in [3.63, 3.8) is 0 Å². The summed E-state index contributed by atoms with van der Waals surface area (Å²) >= 11 is 13.7. The highest BCUT2D eigenvalue weighted by Crippen LogP contribution is 2.37. The minimum atomic E-state index is 0.471. The highest BCUT2D eigenvalue weighted by atomic mass is 35.5. The number of fused-ring (bicyclic) bond motifs is 1. The van der Waals surface area contributed by atoms with Gasteiger partial charge in [-0.05, 0) is 29.8 Å². The molecule has 2 aromatic carbocycles. The molecule has 0 saturated heterocycles. The van der Waals surface area contributed by atoms with Crippen molar-refractivity contribution in [2.24, 2.45) is 5.10 Å². The Balaban J connectivity index is 1.55. The van der Waals surface area contributed by atoms with Crippen molar-refractivity contribution in [1.82, 2.24) is 24.5 Å². The molecule has 4 rings (SSSR count). The molecule has 2 heterocycles. The van der Waals surface area contributed by atoms with Crippen LogP contribution in [0, 0.1) is 0 Å². The van der Waals surface area contributed by atoms with Crippen LogP contribution in [0.15, 0.2) is 46.9 Å². The first-order valence-electron chi connectivity index (χ1n) is 9.24. The van der Waals surface area contributed by atoms with Crippen molar-refractivity contribution in [1.29, 1.82) is 0 Å². The molecule has 0 spiro atoms. The number of hydrogen-bond acceptors (Lipinski definition) is 8. The lowest BCUT2D eigenvalue weighted by atomic mass is 10.2. The zero-order chi connectivity index (χ0) is 22.7. The van der Waals surface area contributed by atoms with Gasteiger partial charge in [0.25, 0.3) is 5.78 Å². The molecular formula is C20H18Cl2N6O3S. The van der Waals surface area contributed by atoms with Gasteiger partial charge in [-0.25, -0.2) is 0 Å². The highest BCUT2D eigenvalue weighted by molar-refractivity contribution is 7.98. The van der Waals surface area contributed by atoms with E-state index in [0.29, 0.717) is 44.0 Å². The van der Waals surface area contributed by atoms with E-state index in [1.165, 1.54) is 16.4 Å². The fourth-order valence-corrected chi connectivity index (χ4v) is 4.35. The van der Waals surface area contributed by atoms with Crippen molar-refractivity contribution >= 4 is 47.0 Å². The molecule has 32 heavy (non-hydrogen) atoms. The number of methoxy groups -OCH3 is 3. The molecule has 0 unspecified atom stereocenters. The Morgan fingerprint density at radius 3 is 2.44 bits per heavy atom. The van der Waals surface area contributed by atoms with Crippen LogP contribution in [-0.2, 0) is 5.75 Å². The van der Waals surface area contributed by atoms with Gasteiger partial charge < -0.3 is 14.2 Å². The minimum absolute atomic E-state index is 0.471. The van der Waals surface area contributed by atoms with E-state index in [0.717, 1.165) is 11.1 Å². The van der Waals surface area contributed by atoms with Crippen LogP contribution in [0.1, 0.15) is 11.1 Å². The Hall–Kier alpha value is -2.95. The molecule has 9 nitrogen and oxygen atoms in total. The van der Waals surface area contributed by atoms with E-state index in [1.54, 1.807) is 62.7 Å². The Labute approximate surface area is 197 Å². The number of thioether (sulfide) groups is 1. The monoisotopic (exact) mass is 492 g/mol. The quantitative estimate of drug-likeness (QED) is 0.265. The third-order valence-corrected chi connectivity index (χ3v) is 6.02. The summed E-state index contributed by atoms with van der Waals surface area (Å²) in [5.41, 5.74) is 1.69. The first kappa shape index (κ1) is 22.3. The van der Waals surface area contributed by atoms with Gasteiger partial charge >= 0.3 is 0 Å². The molecule has 12 heteroatoms. The van der Waals surface area contributed by atoms with Crippen LogP contribution in [0.4, 0.5) is 0 Å². The summed E-state index contributed by atoms with van der Waals surface area (Å²) in [6.07, 6.45) is 3.19. The van der Waals surface area contributed by atoms with E-state index < -0.39 is 0 Å². The van der Waals surface area contributed by atoms with Crippen LogP contribution < -0.4 is 14.2 Å². The van der Waals surface area contributed by atoms with Gasteiger partial charge in [-0.1, -0.05) is 41.0 Å². The predicted molar refractivity (Wildman–Crippen MR) is 124 cm³/mol. The smallest absolute Gasteiger partial charge is 0.275 e. The van der Waals surface area contributed by atoms with E-state index in [-0.39, 0.29) is 0 Å². The van der Waals surface area contributed by atoms with Gasteiger partial charge in [-0.2, -0.15) is 19.4 Å². The normalized spacial score (nSPS) is 11.4. The second-order valence-corrected chi connectivity index (χ2v) is 8.18. The fourth-order valence-electron chi connectivity index (χ4n) is 2.91. The molecule has 0 amide bonds. The van der Waals surface area contributed by atoms with Crippen LogP contribution in [0.2, 0.25) is 10.0 Å². The van der Waals surface area contributed by atoms with Gasteiger partial charge in [-0.3, -0.25) is 0 Å². The molecule has 0 fully saturated rings. The minimum Gasteiger partial charge on any atom is -0.493 e. The fraction of sp³-hybridized carbons (Fsp3) is 0.200. The van der Waals surface area contributed by atoms with E-state index in [4.69, 9.17) is 37.4 Å². The molecule has 2 aromatic heterocycles. The van der Waals surface area contributed by atoms with Crippen molar-refractivity contribution < 1.29 is 14.2 Å². The summed E-state index contributed by atoms with van der Waals surface area (Å²) in [7, 11) is 4.67. The van der Waals surface area contributed by atoms with Crippen LogP contribution in [0.5, 0.6) is 17.2 Å². The maximum Gasteiger partial charge on any atom is 0.275 e. The van der Waals surface area contributed by atoms with Gasteiger partial charge in [0.05, 0.1) is 27.5 Å². The van der Waals surface area contributed by atoms with Crippen molar-refractivity contribution in [2.45, 2.75) is 10.9 Å². The number of hydrogen-bond donors (Lipinski definition) is 0. The number of rotatable bonds is 8. The first-order valence-corrected chi connectivity index (χ1v) is 11.0. The Kier molecular flexibility index (Phi) is 6.73. The van der Waals surface area contributed by atoms with Crippen LogP contribution >= 0.6 is 35.0 Å².